The van der Waals surface area contributed by atoms with Crippen molar-refractivity contribution in [1.29, 1.82) is 0 Å². The zero-order valence-electron chi connectivity index (χ0n) is 8.76. The molecule has 0 saturated heterocycles. The second-order valence-corrected chi connectivity index (χ2v) is 4.46. The van der Waals surface area contributed by atoms with Gasteiger partial charge >= 0.3 is 0 Å². The zero-order valence-corrected chi connectivity index (χ0v) is 9.57. The number of imidazole rings is 1. The first-order chi connectivity index (χ1) is 7.27. The van der Waals surface area contributed by atoms with E-state index in [2.05, 4.69) is 26.4 Å². The molecule has 80 valence electrons. The number of rotatable bonds is 4. The van der Waals surface area contributed by atoms with E-state index in [1.807, 2.05) is 19.4 Å². The molecule has 0 aliphatic carbocycles. The van der Waals surface area contributed by atoms with Crippen molar-refractivity contribution in [3.05, 3.63) is 40.6 Å². The summed E-state index contributed by atoms with van der Waals surface area (Å²) in [7, 11) is 0. The summed E-state index contributed by atoms with van der Waals surface area (Å²) in [4.78, 5) is 4.13. The van der Waals surface area contributed by atoms with Gasteiger partial charge in [-0.1, -0.05) is 0 Å². The molecular formula is C11H15N3S. The van der Waals surface area contributed by atoms with E-state index in [9.17, 15) is 0 Å². The summed E-state index contributed by atoms with van der Waals surface area (Å²) in [5.41, 5.74) is 8.33. The Bertz CT molecular complexity index is 403. The van der Waals surface area contributed by atoms with Crippen LogP contribution in [0.2, 0.25) is 0 Å². The number of nitrogens with zero attached hydrogens (tertiary/aromatic N) is 2. The van der Waals surface area contributed by atoms with Gasteiger partial charge in [0.1, 0.15) is 0 Å². The molecule has 0 aliphatic heterocycles. The van der Waals surface area contributed by atoms with Gasteiger partial charge in [0.2, 0.25) is 0 Å². The van der Waals surface area contributed by atoms with Crippen LogP contribution in [-0.4, -0.2) is 9.55 Å². The third-order valence-corrected chi connectivity index (χ3v) is 3.16. The largest absolute Gasteiger partial charge is 0.333 e. The molecule has 0 saturated carbocycles. The zero-order chi connectivity index (χ0) is 10.7. The number of aromatic nitrogens is 2. The first-order valence-electron chi connectivity index (χ1n) is 5.04. The molecule has 0 spiro atoms. The molecule has 0 unspecified atom stereocenters. The molecule has 0 radical (unpaired) electrons. The Morgan fingerprint density at radius 3 is 3.13 bits per heavy atom. The normalized spacial score (nSPS) is 12.9. The second kappa shape index (κ2) is 4.59. The molecule has 0 aromatic carbocycles. The Balaban J connectivity index is 2.02. The lowest BCUT2D eigenvalue weighted by Crippen LogP contribution is -2.12. The molecule has 2 N–H and O–H groups in total. The standard InChI is InChI=1S/C11H15N3S/c1-9(12)11-6-13-8-14(11)4-2-10-3-5-15-7-10/h3,5-9H,2,4,12H2,1H3/t9-/m0/s1. The lowest BCUT2D eigenvalue weighted by atomic mass is 10.2. The van der Waals surface area contributed by atoms with E-state index in [1.54, 1.807) is 11.3 Å². The van der Waals surface area contributed by atoms with Crippen LogP contribution in [0.15, 0.2) is 29.4 Å². The van der Waals surface area contributed by atoms with Crippen molar-refractivity contribution in [2.24, 2.45) is 5.73 Å². The van der Waals surface area contributed by atoms with Crippen LogP contribution in [0.25, 0.3) is 0 Å². The van der Waals surface area contributed by atoms with Crippen LogP contribution in [0.5, 0.6) is 0 Å². The summed E-state index contributed by atoms with van der Waals surface area (Å²) >= 11 is 1.74. The third kappa shape index (κ3) is 2.46. The van der Waals surface area contributed by atoms with Crippen LogP contribution in [-0.2, 0) is 13.0 Å². The van der Waals surface area contributed by atoms with Gasteiger partial charge in [0.25, 0.3) is 0 Å². The van der Waals surface area contributed by atoms with Gasteiger partial charge in [-0.3, -0.25) is 0 Å². The van der Waals surface area contributed by atoms with Gasteiger partial charge < -0.3 is 10.3 Å². The summed E-state index contributed by atoms with van der Waals surface area (Å²) in [5.74, 6) is 0. The summed E-state index contributed by atoms with van der Waals surface area (Å²) in [6.45, 7) is 2.94. The van der Waals surface area contributed by atoms with Crippen molar-refractivity contribution in [3.63, 3.8) is 0 Å². The smallest absolute Gasteiger partial charge is 0.0948 e. The first-order valence-corrected chi connectivity index (χ1v) is 5.98. The van der Waals surface area contributed by atoms with E-state index in [-0.39, 0.29) is 6.04 Å². The number of nitrogens with two attached hydrogens (primary N) is 1. The SMILES string of the molecule is C[C@H](N)c1cncn1CCc1ccsc1. The van der Waals surface area contributed by atoms with Crippen LogP contribution < -0.4 is 5.73 Å². The molecule has 0 aliphatic rings. The summed E-state index contributed by atoms with van der Waals surface area (Å²) in [5, 5.41) is 4.29. The van der Waals surface area contributed by atoms with E-state index in [4.69, 9.17) is 5.73 Å². The van der Waals surface area contributed by atoms with E-state index in [0.717, 1.165) is 18.7 Å². The predicted octanol–water partition coefficient (Wildman–Crippen LogP) is 2.21. The fourth-order valence-corrected chi connectivity index (χ4v) is 2.28. The molecule has 0 amide bonds. The van der Waals surface area contributed by atoms with Crippen molar-refractivity contribution >= 4 is 11.3 Å². The van der Waals surface area contributed by atoms with Crippen LogP contribution >= 0.6 is 11.3 Å². The van der Waals surface area contributed by atoms with Gasteiger partial charge in [0, 0.05) is 18.8 Å². The molecule has 2 aromatic rings. The lowest BCUT2D eigenvalue weighted by Gasteiger charge is -2.09. The van der Waals surface area contributed by atoms with Crippen molar-refractivity contribution in [2.75, 3.05) is 0 Å². The lowest BCUT2D eigenvalue weighted by molar-refractivity contribution is 0.624. The van der Waals surface area contributed by atoms with E-state index in [0.29, 0.717) is 0 Å². The van der Waals surface area contributed by atoms with Gasteiger partial charge in [0.15, 0.2) is 0 Å². The maximum absolute atomic E-state index is 5.85. The van der Waals surface area contributed by atoms with Crippen molar-refractivity contribution < 1.29 is 0 Å². The highest BCUT2D eigenvalue weighted by atomic mass is 32.1. The minimum absolute atomic E-state index is 0.0509. The van der Waals surface area contributed by atoms with Gasteiger partial charge in [-0.15, -0.1) is 0 Å². The highest BCUT2D eigenvalue weighted by molar-refractivity contribution is 7.07. The number of hydrogen-bond donors (Lipinski definition) is 1. The van der Waals surface area contributed by atoms with Crippen molar-refractivity contribution in [1.82, 2.24) is 9.55 Å². The van der Waals surface area contributed by atoms with E-state index < -0.39 is 0 Å². The predicted molar refractivity (Wildman–Crippen MR) is 62.9 cm³/mol. The van der Waals surface area contributed by atoms with Gasteiger partial charge in [-0.25, -0.2) is 4.98 Å². The molecule has 2 aromatic heterocycles. The molecule has 15 heavy (non-hydrogen) atoms. The molecule has 4 heteroatoms. The van der Waals surface area contributed by atoms with Gasteiger partial charge in [-0.05, 0) is 35.7 Å². The Labute approximate surface area is 93.6 Å². The molecule has 1 atom stereocenters. The monoisotopic (exact) mass is 221 g/mol. The first kappa shape index (κ1) is 10.4. The topological polar surface area (TPSA) is 43.8 Å². The second-order valence-electron chi connectivity index (χ2n) is 3.68. The van der Waals surface area contributed by atoms with Gasteiger partial charge in [-0.2, -0.15) is 11.3 Å². The Morgan fingerprint density at radius 2 is 2.47 bits per heavy atom. The maximum atomic E-state index is 5.85. The van der Waals surface area contributed by atoms with Crippen molar-refractivity contribution in [3.8, 4) is 0 Å². The Kier molecular flexibility index (Phi) is 3.18. The minimum Gasteiger partial charge on any atom is -0.333 e. The van der Waals surface area contributed by atoms with E-state index >= 15 is 0 Å². The van der Waals surface area contributed by atoms with E-state index in [1.165, 1.54) is 5.56 Å². The minimum atomic E-state index is 0.0509. The Hall–Kier alpha value is -1.13. The molecule has 3 nitrogen and oxygen atoms in total. The van der Waals surface area contributed by atoms with Crippen LogP contribution in [0.3, 0.4) is 0 Å². The average Bonchev–Trinajstić information content (AvgIpc) is 2.86. The van der Waals surface area contributed by atoms with Crippen molar-refractivity contribution in [2.45, 2.75) is 25.9 Å². The fraction of sp³-hybridized carbons (Fsp3) is 0.364. The van der Waals surface area contributed by atoms with Crippen LogP contribution in [0.4, 0.5) is 0 Å². The molecule has 0 fully saturated rings. The van der Waals surface area contributed by atoms with Crippen LogP contribution in [0.1, 0.15) is 24.2 Å². The van der Waals surface area contributed by atoms with Crippen LogP contribution in [0, 0.1) is 0 Å². The average molecular weight is 221 g/mol. The fourth-order valence-electron chi connectivity index (χ4n) is 1.58. The highest BCUT2D eigenvalue weighted by Gasteiger charge is 2.06. The number of aryl methyl sites for hydroxylation is 2. The number of hydrogen-bond acceptors (Lipinski definition) is 3. The summed E-state index contributed by atoms with van der Waals surface area (Å²) < 4.78 is 2.13. The highest BCUT2D eigenvalue weighted by Crippen LogP contribution is 2.11. The third-order valence-electron chi connectivity index (χ3n) is 2.43. The molecule has 2 heterocycles. The maximum Gasteiger partial charge on any atom is 0.0948 e. The quantitative estimate of drug-likeness (QED) is 0.860. The summed E-state index contributed by atoms with van der Waals surface area (Å²) in [6.07, 6.45) is 4.74. The Morgan fingerprint density at radius 1 is 1.60 bits per heavy atom. The molecule has 2 rings (SSSR count). The molecule has 0 bridgehead atoms. The van der Waals surface area contributed by atoms with Gasteiger partial charge in [0.05, 0.1) is 12.0 Å². The molecular weight excluding hydrogens is 206 g/mol. The number of thiophene rings is 1. The summed E-state index contributed by atoms with van der Waals surface area (Å²) in [6, 6.07) is 2.21.